The molecule has 32 heavy (non-hydrogen) atoms. The van der Waals surface area contributed by atoms with E-state index in [0.29, 0.717) is 18.5 Å². The Morgan fingerprint density at radius 1 is 1.16 bits per heavy atom. The Bertz CT molecular complexity index is 1250. The zero-order valence-electron chi connectivity index (χ0n) is 18.7. The van der Waals surface area contributed by atoms with Crippen molar-refractivity contribution in [2.45, 2.75) is 52.1 Å². The molecule has 1 N–H and O–H groups in total. The molecule has 1 fully saturated rings. The maximum Gasteiger partial charge on any atom is 0.158 e. The zero-order chi connectivity index (χ0) is 22.3. The monoisotopic (exact) mass is 432 g/mol. The molecule has 0 unspecified atom stereocenters. The second-order valence-electron chi connectivity index (χ2n) is 8.59. The lowest BCUT2D eigenvalue weighted by molar-refractivity contribution is 0.0241. The molecular weight excluding hydrogens is 404 g/mol. The summed E-state index contributed by atoms with van der Waals surface area (Å²) in [5, 5.41) is 20.4. The third kappa shape index (κ3) is 3.54. The minimum Gasteiger partial charge on any atom is -0.385 e. The van der Waals surface area contributed by atoms with E-state index in [1.54, 1.807) is 12.4 Å². The lowest BCUT2D eigenvalue weighted by Crippen LogP contribution is -2.31. The molecule has 0 aliphatic carbocycles. The van der Waals surface area contributed by atoms with Gasteiger partial charge in [-0.15, -0.1) is 0 Å². The van der Waals surface area contributed by atoms with Crippen molar-refractivity contribution >= 4 is 11.5 Å². The van der Waals surface area contributed by atoms with E-state index in [4.69, 9.17) is 14.6 Å². The quantitative estimate of drug-likeness (QED) is 0.524. The molecule has 0 amide bonds. The van der Waals surface area contributed by atoms with Gasteiger partial charge in [-0.25, -0.2) is 4.98 Å². The minimum atomic E-state index is -0.871. The van der Waals surface area contributed by atoms with Gasteiger partial charge in [0.05, 0.1) is 5.60 Å². The van der Waals surface area contributed by atoms with Crippen molar-refractivity contribution in [3.8, 4) is 11.4 Å². The molecule has 5 heterocycles. The molecule has 1 aliphatic rings. The third-order valence-corrected chi connectivity index (χ3v) is 6.44. The van der Waals surface area contributed by atoms with Crippen LogP contribution in [0.3, 0.4) is 0 Å². The van der Waals surface area contributed by atoms with Gasteiger partial charge in [0.1, 0.15) is 23.0 Å². The lowest BCUT2D eigenvalue weighted by Gasteiger charge is -2.29. The van der Waals surface area contributed by atoms with E-state index in [1.165, 1.54) is 5.56 Å². The largest absolute Gasteiger partial charge is 0.385 e. The Kier molecular flexibility index (Phi) is 5.17. The van der Waals surface area contributed by atoms with E-state index in [1.807, 2.05) is 35.7 Å². The zero-order valence-corrected chi connectivity index (χ0v) is 18.7. The number of aryl methyl sites for hydroxylation is 2. The number of hydrogen-bond donors (Lipinski definition) is 1. The molecular formula is C24H28N6O2. The summed E-state index contributed by atoms with van der Waals surface area (Å²) < 4.78 is 7.18. The summed E-state index contributed by atoms with van der Waals surface area (Å²) in [6, 6.07) is 7.69. The molecule has 1 aliphatic heterocycles. The van der Waals surface area contributed by atoms with E-state index >= 15 is 0 Å². The molecule has 8 nitrogen and oxygen atoms in total. The van der Waals surface area contributed by atoms with E-state index in [-0.39, 0.29) is 0 Å². The van der Waals surface area contributed by atoms with E-state index in [0.717, 1.165) is 60.1 Å². The van der Waals surface area contributed by atoms with Crippen LogP contribution in [0.25, 0.3) is 17.0 Å². The summed E-state index contributed by atoms with van der Waals surface area (Å²) in [6.07, 6.45) is 6.57. The first kappa shape index (κ1) is 20.6. The van der Waals surface area contributed by atoms with Crippen LogP contribution in [0, 0.1) is 13.8 Å². The van der Waals surface area contributed by atoms with E-state index in [2.05, 4.69) is 28.9 Å². The van der Waals surface area contributed by atoms with Crippen molar-refractivity contribution in [1.82, 2.24) is 24.7 Å². The summed E-state index contributed by atoms with van der Waals surface area (Å²) in [5.74, 6) is 1.80. The average Bonchev–Trinajstić information content (AvgIpc) is 3.36. The minimum absolute atomic E-state index is 0.626. The highest BCUT2D eigenvalue weighted by molar-refractivity contribution is 5.65. The van der Waals surface area contributed by atoms with Crippen LogP contribution in [-0.2, 0) is 12.0 Å². The lowest BCUT2D eigenvalue weighted by atomic mass is 9.88. The Hall–Kier alpha value is -3.26. The fourth-order valence-electron chi connectivity index (χ4n) is 4.74. The Balaban J connectivity index is 1.56. The number of aromatic nitrogens is 5. The van der Waals surface area contributed by atoms with E-state index < -0.39 is 5.60 Å². The first-order valence-electron chi connectivity index (χ1n) is 11.2. The highest BCUT2D eigenvalue weighted by Gasteiger charge is 2.33. The molecule has 5 rings (SSSR count). The van der Waals surface area contributed by atoms with Crippen molar-refractivity contribution in [2.75, 3.05) is 18.0 Å². The number of rotatable bonds is 4. The van der Waals surface area contributed by atoms with Crippen LogP contribution in [0.2, 0.25) is 0 Å². The number of hydrogen-bond acceptors (Lipinski definition) is 7. The molecule has 0 bridgehead atoms. The van der Waals surface area contributed by atoms with Gasteiger partial charge >= 0.3 is 0 Å². The molecule has 0 saturated carbocycles. The van der Waals surface area contributed by atoms with Crippen molar-refractivity contribution in [1.29, 1.82) is 0 Å². The van der Waals surface area contributed by atoms with Gasteiger partial charge in [0.25, 0.3) is 0 Å². The van der Waals surface area contributed by atoms with Crippen molar-refractivity contribution in [3.05, 3.63) is 59.2 Å². The number of pyridine rings is 1. The van der Waals surface area contributed by atoms with Crippen molar-refractivity contribution < 1.29 is 9.63 Å². The van der Waals surface area contributed by atoms with Gasteiger partial charge in [-0.3, -0.25) is 4.98 Å². The van der Waals surface area contributed by atoms with Gasteiger partial charge in [-0.2, -0.15) is 9.61 Å². The third-order valence-electron chi connectivity index (χ3n) is 6.44. The molecule has 8 heteroatoms. The fraction of sp³-hybridized carbons (Fsp3) is 0.417. The Labute approximate surface area is 186 Å². The molecule has 166 valence electrons. The Morgan fingerprint density at radius 3 is 2.75 bits per heavy atom. The first-order valence-corrected chi connectivity index (χ1v) is 11.2. The number of nitrogens with zero attached hydrogens (tertiary/aromatic N) is 6. The molecule has 1 atom stereocenters. The molecule has 4 aromatic heterocycles. The number of aliphatic hydroxyl groups is 1. The van der Waals surface area contributed by atoms with Crippen molar-refractivity contribution in [2.24, 2.45) is 0 Å². The van der Waals surface area contributed by atoms with Gasteiger partial charge in [0.2, 0.25) is 0 Å². The van der Waals surface area contributed by atoms with Gasteiger partial charge in [-0.1, -0.05) is 18.1 Å². The standard InChI is InChI=1S/C24H28N6O2/c1-4-19-17(3)26-22-14-20(21-13-16(2)32-28-21)27-30(22)23(19)29-11-6-8-24(31,9-12-29)18-7-5-10-25-15-18/h5,7,10,13-15,31H,4,6,8-9,11-12H2,1-3H3/t24-/m0/s1. The van der Waals surface area contributed by atoms with Crippen molar-refractivity contribution in [3.63, 3.8) is 0 Å². The summed E-state index contributed by atoms with van der Waals surface area (Å²) in [5.41, 5.74) is 4.43. The van der Waals surface area contributed by atoms with Gasteiger partial charge in [0.15, 0.2) is 5.65 Å². The molecule has 0 spiro atoms. The molecule has 1 saturated heterocycles. The highest BCUT2D eigenvalue weighted by atomic mass is 16.5. The van der Waals surface area contributed by atoms with Crippen LogP contribution in [0.1, 0.15) is 48.8 Å². The topological polar surface area (TPSA) is 92.6 Å². The van der Waals surface area contributed by atoms with Gasteiger partial charge < -0.3 is 14.5 Å². The highest BCUT2D eigenvalue weighted by Crippen LogP contribution is 2.35. The second-order valence-corrected chi connectivity index (χ2v) is 8.59. The maximum absolute atomic E-state index is 11.4. The van der Waals surface area contributed by atoms with Crippen LogP contribution < -0.4 is 4.90 Å². The molecule has 0 aromatic carbocycles. The summed E-state index contributed by atoms with van der Waals surface area (Å²) >= 11 is 0. The Morgan fingerprint density at radius 2 is 2.03 bits per heavy atom. The average molecular weight is 433 g/mol. The predicted octanol–water partition coefficient (Wildman–Crippen LogP) is 3.84. The van der Waals surface area contributed by atoms with Crippen LogP contribution in [0.5, 0.6) is 0 Å². The summed E-state index contributed by atoms with van der Waals surface area (Å²) in [6.45, 7) is 7.63. The smallest absolute Gasteiger partial charge is 0.158 e. The molecule has 0 radical (unpaired) electrons. The van der Waals surface area contributed by atoms with Crippen LogP contribution in [0.15, 0.2) is 41.2 Å². The maximum atomic E-state index is 11.4. The fourth-order valence-corrected chi connectivity index (χ4v) is 4.74. The first-order chi connectivity index (χ1) is 15.5. The SMILES string of the molecule is CCc1c(C)nc2cc(-c3cc(C)on3)nn2c1N1CCC[C@@](O)(c2cccnc2)CC1. The molecule has 4 aromatic rings. The normalized spacial score (nSPS) is 19.4. The second kappa shape index (κ2) is 8.02. The van der Waals surface area contributed by atoms with Crippen LogP contribution >= 0.6 is 0 Å². The predicted molar refractivity (Wildman–Crippen MR) is 122 cm³/mol. The van der Waals surface area contributed by atoms with Crippen LogP contribution in [-0.4, -0.2) is 42.9 Å². The van der Waals surface area contributed by atoms with Crippen LogP contribution in [0.4, 0.5) is 5.82 Å². The summed E-state index contributed by atoms with van der Waals surface area (Å²) in [4.78, 5) is 11.4. The summed E-state index contributed by atoms with van der Waals surface area (Å²) in [7, 11) is 0. The number of anilines is 1. The number of fused-ring (bicyclic) bond motifs is 1. The van der Waals surface area contributed by atoms with Gasteiger partial charge in [-0.05, 0) is 45.6 Å². The van der Waals surface area contributed by atoms with Gasteiger partial charge in [0, 0.05) is 54.4 Å². The van der Waals surface area contributed by atoms with E-state index in [9.17, 15) is 5.11 Å².